The monoisotopic (exact) mass is 531 g/mol. The normalized spacial score (nSPS) is 15.7. The summed E-state index contributed by atoms with van der Waals surface area (Å²) in [5.41, 5.74) is 12.0. The molecule has 4 aromatic heterocycles. The van der Waals surface area contributed by atoms with Gasteiger partial charge in [-0.2, -0.15) is 27.2 Å². The standard InChI is InChI=1S/C26H29N9O2S/c1-32(2)38(36,37)34-10-7-19(8-11-34)24-13-22(25-26(27)29-17-30-35(24)25)20-5-6-21-16-33(31-23(21)12-20)15-18-4-3-9-28-14-18/h3-6,9,12-14,16-17,19H,7-8,10-11,15H2,1-2H3,(H2,27,29,30). The molecule has 1 saturated heterocycles. The van der Waals surface area contributed by atoms with E-state index in [2.05, 4.69) is 39.3 Å². The SMILES string of the molecule is CN(C)S(=O)(=O)N1CCC(c2cc(-c3ccc4cn(Cc5cccnc5)nc4c3)c3c(N)ncnn23)CC1. The van der Waals surface area contributed by atoms with Crippen LogP contribution in [0.4, 0.5) is 5.82 Å². The molecule has 0 unspecified atom stereocenters. The number of pyridine rings is 1. The quantitative estimate of drug-likeness (QED) is 0.357. The molecule has 5 heterocycles. The van der Waals surface area contributed by atoms with Crippen LogP contribution in [0.5, 0.6) is 0 Å². The van der Waals surface area contributed by atoms with E-state index in [1.165, 1.54) is 10.6 Å². The summed E-state index contributed by atoms with van der Waals surface area (Å²) in [6.45, 7) is 1.55. The molecule has 0 radical (unpaired) electrons. The van der Waals surface area contributed by atoms with Crippen molar-refractivity contribution < 1.29 is 8.42 Å². The van der Waals surface area contributed by atoms with Gasteiger partial charge in [0, 0.05) is 68.3 Å². The fraction of sp³-hybridized carbons (Fsp3) is 0.308. The Kier molecular flexibility index (Phi) is 6.09. The molecular formula is C26H29N9O2S. The lowest BCUT2D eigenvalue weighted by molar-refractivity contribution is 0.299. The van der Waals surface area contributed by atoms with Crippen molar-refractivity contribution in [2.75, 3.05) is 32.9 Å². The molecular weight excluding hydrogens is 502 g/mol. The van der Waals surface area contributed by atoms with Gasteiger partial charge in [-0.1, -0.05) is 18.2 Å². The highest BCUT2D eigenvalue weighted by Crippen LogP contribution is 2.37. The Hall–Kier alpha value is -3.87. The number of nitrogens with two attached hydrogens (primary N) is 1. The Morgan fingerprint density at radius 3 is 2.68 bits per heavy atom. The van der Waals surface area contributed by atoms with Gasteiger partial charge in [-0.25, -0.2) is 9.50 Å². The van der Waals surface area contributed by atoms with E-state index in [-0.39, 0.29) is 5.92 Å². The highest BCUT2D eigenvalue weighted by molar-refractivity contribution is 7.86. The Balaban J connectivity index is 1.34. The maximum atomic E-state index is 12.6. The predicted molar refractivity (Wildman–Crippen MR) is 146 cm³/mol. The molecule has 1 aliphatic heterocycles. The van der Waals surface area contributed by atoms with Gasteiger partial charge in [-0.3, -0.25) is 9.67 Å². The van der Waals surface area contributed by atoms with Gasteiger partial charge in [0.1, 0.15) is 11.8 Å². The number of benzene rings is 1. The largest absolute Gasteiger partial charge is 0.382 e. The van der Waals surface area contributed by atoms with Crippen molar-refractivity contribution in [3.05, 3.63) is 72.6 Å². The molecule has 0 bridgehead atoms. The van der Waals surface area contributed by atoms with Crippen LogP contribution in [0.15, 0.2) is 61.3 Å². The number of hydrogen-bond donors (Lipinski definition) is 1. The van der Waals surface area contributed by atoms with Gasteiger partial charge >= 0.3 is 0 Å². The molecule has 1 fully saturated rings. The first-order valence-corrected chi connectivity index (χ1v) is 13.9. The molecule has 6 rings (SSSR count). The Bertz CT molecular complexity index is 1720. The van der Waals surface area contributed by atoms with Crippen LogP contribution in [0.2, 0.25) is 0 Å². The highest BCUT2D eigenvalue weighted by Gasteiger charge is 2.32. The summed E-state index contributed by atoms with van der Waals surface area (Å²) in [6, 6.07) is 12.3. The first-order chi connectivity index (χ1) is 18.3. The van der Waals surface area contributed by atoms with Crippen molar-refractivity contribution >= 4 is 32.4 Å². The van der Waals surface area contributed by atoms with Crippen LogP contribution in [-0.4, -0.2) is 73.6 Å². The van der Waals surface area contributed by atoms with E-state index in [1.807, 2.05) is 33.7 Å². The third-order valence-electron chi connectivity index (χ3n) is 7.20. The van der Waals surface area contributed by atoms with E-state index in [1.54, 1.807) is 24.6 Å². The van der Waals surface area contributed by atoms with Crippen LogP contribution >= 0.6 is 0 Å². The lowest BCUT2D eigenvalue weighted by Gasteiger charge is -2.32. The third kappa shape index (κ3) is 4.30. The van der Waals surface area contributed by atoms with Crippen LogP contribution in [0.1, 0.15) is 30.0 Å². The number of rotatable bonds is 6. The minimum absolute atomic E-state index is 0.140. The summed E-state index contributed by atoms with van der Waals surface area (Å²) in [4.78, 5) is 8.44. The maximum Gasteiger partial charge on any atom is 0.281 e. The summed E-state index contributed by atoms with van der Waals surface area (Å²) in [7, 11) is -0.305. The van der Waals surface area contributed by atoms with E-state index >= 15 is 0 Å². The molecule has 0 atom stereocenters. The van der Waals surface area contributed by atoms with Crippen LogP contribution in [0.25, 0.3) is 27.5 Å². The maximum absolute atomic E-state index is 12.6. The Labute approximate surface area is 220 Å². The Morgan fingerprint density at radius 1 is 1.13 bits per heavy atom. The van der Waals surface area contributed by atoms with Gasteiger partial charge in [0.15, 0.2) is 5.82 Å². The number of fused-ring (bicyclic) bond motifs is 2. The molecule has 0 spiro atoms. The third-order valence-corrected chi connectivity index (χ3v) is 9.14. The van der Waals surface area contributed by atoms with Crippen molar-refractivity contribution in [1.82, 2.24) is 38.0 Å². The molecule has 2 N–H and O–H groups in total. The smallest absolute Gasteiger partial charge is 0.281 e. The van der Waals surface area contributed by atoms with Crippen molar-refractivity contribution in [3.63, 3.8) is 0 Å². The molecule has 11 nitrogen and oxygen atoms in total. The zero-order valence-electron chi connectivity index (χ0n) is 21.3. The number of anilines is 1. The molecule has 38 heavy (non-hydrogen) atoms. The fourth-order valence-electron chi connectivity index (χ4n) is 5.21. The van der Waals surface area contributed by atoms with Gasteiger partial charge in [0.2, 0.25) is 0 Å². The van der Waals surface area contributed by atoms with Crippen molar-refractivity contribution in [1.29, 1.82) is 0 Å². The molecule has 0 saturated carbocycles. The zero-order valence-corrected chi connectivity index (χ0v) is 22.1. The predicted octanol–water partition coefficient (Wildman–Crippen LogP) is 2.76. The Morgan fingerprint density at radius 2 is 1.95 bits per heavy atom. The average Bonchev–Trinajstić information content (AvgIpc) is 3.50. The topological polar surface area (TPSA) is 128 Å². The number of nitrogens with zero attached hydrogens (tertiary/aromatic N) is 8. The van der Waals surface area contributed by atoms with E-state index in [9.17, 15) is 8.42 Å². The van der Waals surface area contributed by atoms with Crippen LogP contribution in [-0.2, 0) is 16.8 Å². The van der Waals surface area contributed by atoms with E-state index in [0.29, 0.717) is 38.3 Å². The minimum atomic E-state index is -3.43. The summed E-state index contributed by atoms with van der Waals surface area (Å²) in [6.07, 6.45) is 8.49. The minimum Gasteiger partial charge on any atom is -0.382 e. The summed E-state index contributed by atoms with van der Waals surface area (Å²) >= 11 is 0. The molecule has 0 amide bonds. The second kappa shape index (κ2) is 9.46. The number of hydrogen-bond acceptors (Lipinski definition) is 7. The molecule has 5 aromatic rings. The van der Waals surface area contributed by atoms with E-state index in [4.69, 9.17) is 10.8 Å². The van der Waals surface area contributed by atoms with Crippen molar-refractivity contribution in [2.24, 2.45) is 0 Å². The van der Waals surface area contributed by atoms with Crippen LogP contribution < -0.4 is 5.73 Å². The zero-order chi connectivity index (χ0) is 26.4. The van der Waals surface area contributed by atoms with Gasteiger partial charge in [-0.15, -0.1) is 0 Å². The molecule has 0 aliphatic carbocycles. The molecule has 196 valence electrons. The first-order valence-electron chi connectivity index (χ1n) is 12.5. The lowest BCUT2D eigenvalue weighted by atomic mass is 9.94. The summed E-state index contributed by atoms with van der Waals surface area (Å²) < 4.78 is 31.8. The molecule has 1 aromatic carbocycles. The highest BCUT2D eigenvalue weighted by atomic mass is 32.2. The first kappa shape index (κ1) is 24.5. The number of piperidine rings is 1. The molecule has 12 heteroatoms. The van der Waals surface area contributed by atoms with Crippen LogP contribution in [0.3, 0.4) is 0 Å². The van der Waals surface area contributed by atoms with Crippen molar-refractivity contribution in [3.8, 4) is 11.1 Å². The van der Waals surface area contributed by atoms with Gasteiger partial charge in [-0.05, 0) is 42.2 Å². The van der Waals surface area contributed by atoms with Gasteiger partial charge in [0.25, 0.3) is 10.2 Å². The lowest BCUT2D eigenvalue weighted by Crippen LogP contribution is -2.44. The van der Waals surface area contributed by atoms with Gasteiger partial charge < -0.3 is 5.73 Å². The van der Waals surface area contributed by atoms with Crippen LogP contribution in [0, 0.1) is 0 Å². The summed E-state index contributed by atoms with van der Waals surface area (Å²) in [5.74, 6) is 0.539. The van der Waals surface area contributed by atoms with Gasteiger partial charge in [0.05, 0.1) is 12.1 Å². The van der Waals surface area contributed by atoms with Crippen molar-refractivity contribution in [2.45, 2.75) is 25.3 Å². The van der Waals surface area contributed by atoms with E-state index < -0.39 is 10.2 Å². The average molecular weight is 532 g/mol. The molecule has 1 aliphatic rings. The second-order valence-electron chi connectivity index (χ2n) is 9.81. The number of aromatic nitrogens is 6. The van der Waals surface area contributed by atoms with E-state index in [0.717, 1.165) is 38.8 Å². The summed E-state index contributed by atoms with van der Waals surface area (Å²) in [5, 5.41) is 10.4. The number of nitrogen functional groups attached to an aromatic ring is 1. The fourth-order valence-corrected chi connectivity index (χ4v) is 6.34. The second-order valence-corrected chi connectivity index (χ2v) is 12.0.